The Bertz CT molecular complexity index is 1840. The van der Waals surface area contributed by atoms with E-state index in [1.165, 1.54) is 186 Å². The molecule has 6 atom stereocenters. The van der Waals surface area contributed by atoms with Crippen molar-refractivity contribution in [3.8, 4) is 0 Å². The van der Waals surface area contributed by atoms with Crippen LogP contribution in [-0.2, 0) is 65.4 Å². The van der Waals surface area contributed by atoms with Crippen molar-refractivity contribution in [1.82, 2.24) is 0 Å². The van der Waals surface area contributed by atoms with Crippen LogP contribution < -0.4 is 0 Å². The molecule has 0 aromatic carbocycles. The topological polar surface area (TPSA) is 237 Å². The molecule has 0 aliphatic rings. The van der Waals surface area contributed by atoms with E-state index in [0.717, 1.165) is 108 Å². The molecule has 3 unspecified atom stereocenters. The molecule has 0 rings (SSSR count). The Balaban J connectivity index is 5.24. The fraction of sp³-hybridized carbons (Fsp3) is 0.947. The van der Waals surface area contributed by atoms with Crippen molar-refractivity contribution >= 4 is 39.5 Å². The van der Waals surface area contributed by atoms with Gasteiger partial charge in [0.25, 0.3) is 0 Å². The van der Waals surface area contributed by atoms with E-state index in [9.17, 15) is 43.2 Å². The van der Waals surface area contributed by atoms with Crippen LogP contribution in [0, 0.1) is 17.8 Å². The van der Waals surface area contributed by atoms with Crippen molar-refractivity contribution in [3.63, 3.8) is 0 Å². The van der Waals surface area contributed by atoms with Gasteiger partial charge in [0.1, 0.15) is 19.3 Å². The summed E-state index contributed by atoms with van der Waals surface area (Å²) in [5.74, 6) is 0.118. The average Bonchev–Trinajstić information content (AvgIpc) is 2.74. The number of hydrogen-bond acceptors (Lipinski definition) is 15. The van der Waals surface area contributed by atoms with Crippen LogP contribution in [-0.4, -0.2) is 96.7 Å². The molecule has 0 bridgehead atoms. The van der Waals surface area contributed by atoms with Gasteiger partial charge in [-0.2, -0.15) is 0 Å². The molecule has 94 heavy (non-hydrogen) atoms. The van der Waals surface area contributed by atoms with Crippen LogP contribution >= 0.6 is 15.6 Å². The zero-order chi connectivity index (χ0) is 69.4. The number of rotatable bonds is 73. The van der Waals surface area contributed by atoms with Crippen LogP contribution in [0.15, 0.2) is 0 Å². The molecule has 19 heteroatoms. The lowest BCUT2D eigenvalue weighted by Gasteiger charge is -2.21. The van der Waals surface area contributed by atoms with Gasteiger partial charge in [-0.1, -0.05) is 331 Å². The number of phosphoric acid groups is 2. The summed E-state index contributed by atoms with van der Waals surface area (Å²) in [5, 5.41) is 10.6. The van der Waals surface area contributed by atoms with E-state index >= 15 is 0 Å². The molecule has 558 valence electrons. The fourth-order valence-corrected chi connectivity index (χ4v) is 13.0. The van der Waals surface area contributed by atoms with Gasteiger partial charge in [0, 0.05) is 25.7 Å². The summed E-state index contributed by atoms with van der Waals surface area (Å²) in [7, 11) is -9.91. The molecule has 0 aliphatic carbocycles. The number of aliphatic hydroxyl groups is 1. The third kappa shape index (κ3) is 67.3. The molecule has 17 nitrogen and oxygen atoms in total. The van der Waals surface area contributed by atoms with Crippen molar-refractivity contribution in [3.05, 3.63) is 0 Å². The Morgan fingerprint density at radius 1 is 0.309 bits per heavy atom. The highest BCUT2D eigenvalue weighted by molar-refractivity contribution is 7.47. The van der Waals surface area contributed by atoms with Crippen molar-refractivity contribution in [1.29, 1.82) is 0 Å². The highest BCUT2D eigenvalue weighted by Gasteiger charge is 2.30. The minimum absolute atomic E-state index is 0.104. The second-order valence-corrected chi connectivity index (χ2v) is 31.1. The van der Waals surface area contributed by atoms with E-state index in [0.29, 0.717) is 31.6 Å². The number of ether oxygens (including phenoxy) is 4. The Kier molecular flexibility index (Phi) is 64.3. The maximum Gasteiger partial charge on any atom is 0.472 e. The predicted octanol–water partition coefficient (Wildman–Crippen LogP) is 21.8. The van der Waals surface area contributed by atoms with E-state index in [4.69, 9.17) is 37.0 Å². The maximum atomic E-state index is 13.1. The smallest absolute Gasteiger partial charge is 0.462 e. The van der Waals surface area contributed by atoms with Gasteiger partial charge in [-0.25, -0.2) is 9.13 Å². The molecule has 0 aromatic rings. The lowest BCUT2D eigenvalue weighted by atomic mass is 9.99. The molecular formula is C75H146O17P2. The fourth-order valence-electron chi connectivity index (χ4n) is 11.4. The van der Waals surface area contributed by atoms with Gasteiger partial charge in [0.15, 0.2) is 12.2 Å². The second kappa shape index (κ2) is 65.7. The molecule has 0 amide bonds. The highest BCUT2D eigenvalue weighted by atomic mass is 31.2. The van der Waals surface area contributed by atoms with Crippen molar-refractivity contribution in [2.45, 2.75) is 401 Å². The van der Waals surface area contributed by atoms with Crippen molar-refractivity contribution in [2.24, 2.45) is 17.8 Å². The Morgan fingerprint density at radius 3 is 0.809 bits per heavy atom. The van der Waals surface area contributed by atoms with E-state index < -0.39 is 97.5 Å². The standard InChI is InChI=1S/C75H146O17P2/c1-8-10-11-12-13-14-15-16-17-18-19-22-26-29-35-44-51-58-74(79)91-70(62-85-72(77)56-49-42-34-28-25-23-20-21-24-27-32-39-46-53-66(3)4)64-89-93(81,82)87-60-69(76)61-88-94(83,84)90-65-71(63-86-73(78)57-50-43-38-37-40-47-54-67(5)6)92-75(80)59-52-45-36-31-30-33-41-48-55-68(7)9-2/h66-71,76H,8-65H2,1-7H3,(H,81,82)(H,83,84)/t68?,69-,70-,71-/m1/s1. The minimum Gasteiger partial charge on any atom is -0.462 e. The first-order valence-electron chi connectivity index (χ1n) is 38.9. The van der Waals surface area contributed by atoms with E-state index in [1.807, 2.05) is 0 Å². The van der Waals surface area contributed by atoms with Crippen molar-refractivity contribution in [2.75, 3.05) is 39.6 Å². The lowest BCUT2D eigenvalue weighted by molar-refractivity contribution is -0.161. The van der Waals surface area contributed by atoms with Crippen LogP contribution in [0.4, 0.5) is 0 Å². The first-order valence-corrected chi connectivity index (χ1v) is 41.9. The first kappa shape index (κ1) is 92.1. The molecule has 0 saturated carbocycles. The predicted molar refractivity (Wildman–Crippen MR) is 381 cm³/mol. The molecule has 0 fully saturated rings. The third-order valence-electron chi connectivity index (χ3n) is 17.7. The molecule has 0 heterocycles. The van der Waals surface area contributed by atoms with Crippen LogP contribution in [0.3, 0.4) is 0 Å². The number of carbonyl (C=O) groups is 4. The summed E-state index contributed by atoms with van der Waals surface area (Å²) in [6.45, 7) is 11.8. The highest BCUT2D eigenvalue weighted by Crippen LogP contribution is 2.45. The first-order chi connectivity index (χ1) is 45.3. The van der Waals surface area contributed by atoms with Gasteiger partial charge in [-0.05, 0) is 43.4 Å². The van der Waals surface area contributed by atoms with Crippen molar-refractivity contribution < 1.29 is 80.2 Å². The Labute approximate surface area is 575 Å². The van der Waals surface area contributed by atoms with Crippen LogP contribution in [0.1, 0.15) is 382 Å². The van der Waals surface area contributed by atoms with Crippen LogP contribution in [0.2, 0.25) is 0 Å². The summed E-state index contributed by atoms with van der Waals surface area (Å²) in [6, 6.07) is 0. The van der Waals surface area contributed by atoms with E-state index in [1.54, 1.807) is 0 Å². The lowest BCUT2D eigenvalue weighted by Crippen LogP contribution is -2.30. The van der Waals surface area contributed by atoms with Crippen LogP contribution in [0.5, 0.6) is 0 Å². The van der Waals surface area contributed by atoms with Gasteiger partial charge in [0.05, 0.1) is 26.4 Å². The van der Waals surface area contributed by atoms with Gasteiger partial charge >= 0.3 is 39.5 Å². The minimum atomic E-state index is -4.96. The number of carbonyl (C=O) groups excluding carboxylic acids is 4. The molecule has 0 aliphatic heterocycles. The number of phosphoric ester groups is 2. The molecule has 0 saturated heterocycles. The summed E-state index contributed by atoms with van der Waals surface area (Å²) in [4.78, 5) is 72.7. The zero-order valence-electron chi connectivity index (χ0n) is 61.4. The van der Waals surface area contributed by atoms with Gasteiger partial charge < -0.3 is 33.8 Å². The SMILES string of the molecule is CCCCCCCCCCCCCCCCCCCC(=O)O[C@H](COC(=O)CCCCCCCCCCCCCCCC(C)C)COP(=O)(O)OC[C@@H](O)COP(=O)(O)OC[C@@H](COC(=O)CCCCCCCCC(C)C)OC(=O)CCCCCCCCCCC(C)CC. The van der Waals surface area contributed by atoms with E-state index in [-0.39, 0.29) is 25.7 Å². The zero-order valence-corrected chi connectivity index (χ0v) is 63.2. The summed E-state index contributed by atoms with van der Waals surface area (Å²) < 4.78 is 68.5. The molecule has 0 aromatic heterocycles. The van der Waals surface area contributed by atoms with E-state index in [2.05, 4.69) is 48.5 Å². The molecule has 3 N–H and O–H groups in total. The number of esters is 4. The summed E-state index contributed by atoms with van der Waals surface area (Å²) in [6.07, 6.45) is 51.4. The number of hydrogen-bond donors (Lipinski definition) is 3. The van der Waals surface area contributed by atoms with Gasteiger partial charge in [0.2, 0.25) is 0 Å². The average molecular weight is 1380 g/mol. The second-order valence-electron chi connectivity index (χ2n) is 28.2. The van der Waals surface area contributed by atoms with Gasteiger partial charge in [-0.3, -0.25) is 37.3 Å². The number of unbranched alkanes of at least 4 members (excludes halogenated alkanes) is 40. The van der Waals surface area contributed by atoms with Crippen LogP contribution in [0.25, 0.3) is 0 Å². The molecule has 0 radical (unpaired) electrons. The summed E-state index contributed by atoms with van der Waals surface area (Å²) in [5.41, 5.74) is 0. The third-order valence-corrected chi connectivity index (χ3v) is 19.6. The Morgan fingerprint density at radius 2 is 0.543 bits per heavy atom. The largest absolute Gasteiger partial charge is 0.472 e. The monoisotopic (exact) mass is 1380 g/mol. The number of aliphatic hydroxyl groups excluding tert-OH is 1. The summed E-state index contributed by atoms with van der Waals surface area (Å²) >= 11 is 0. The quantitative estimate of drug-likeness (QED) is 0.0222. The normalized spacial score (nSPS) is 14.4. The molecular weight excluding hydrogens is 1230 g/mol. The Hall–Kier alpha value is -1.94. The molecule has 0 spiro atoms. The maximum absolute atomic E-state index is 13.1. The van der Waals surface area contributed by atoms with Gasteiger partial charge in [-0.15, -0.1) is 0 Å².